The van der Waals surface area contributed by atoms with E-state index in [0.29, 0.717) is 0 Å². The molecule has 2 aromatic rings. The monoisotopic (exact) mass is 323 g/mol. The van der Waals surface area contributed by atoms with Gasteiger partial charge in [0.05, 0.1) is 10.7 Å². The van der Waals surface area contributed by atoms with E-state index in [9.17, 15) is 0 Å². The zero-order valence-corrected chi connectivity index (χ0v) is 12.8. The van der Waals surface area contributed by atoms with Crippen molar-refractivity contribution >= 4 is 38.9 Å². The number of hydrogen-bond acceptors (Lipinski definition) is 1. The minimum absolute atomic E-state index is 0.759. The largest absolute Gasteiger partial charge is 0.340 e. The van der Waals surface area contributed by atoms with E-state index in [1.807, 2.05) is 18.2 Å². The lowest BCUT2D eigenvalue weighted by molar-refractivity contribution is 1.02. The Morgan fingerprint density at radius 3 is 2.44 bits per heavy atom. The average Bonchev–Trinajstić information content (AvgIpc) is 2.34. The quantitative estimate of drug-likeness (QED) is 0.713. The first kappa shape index (κ1) is 13.4. The predicted octanol–water partition coefficient (Wildman–Crippen LogP) is 5.57. The zero-order valence-electron chi connectivity index (χ0n) is 10.5. The van der Waals surface area contributed by atoms with Crippen molar-refractivity contribution in [2.45, 2.75) is 13.8 Å². The van der Waals surface area contributed by atoms with E-state index in [1.54, 1.807) is 0 Å². The predicted molar refractivity (Wildman–Crippen MR) is 83.0 cm³/mol. The third kappa shape index (κ3) is 2.70. The van der Waals surface area contributed by atoms with Crippen LogP contribution in [-0.4, -0.2) is 6.54 Å². The van der Waals surface area contributed by atoms with Crippen molar-refractivity contribution in [2.75, 3.05) is 11.4 Å². The van der Waals surface area contributed by atoms with Gasteiger partial charge in [0, 0.05) is 16.7 Å². The second-order valence-electron chi connectivity index (χ2n) is 4.13. The van der Waals surface area contributed by atoms with Gasteiger partial charge >= 0.3 is 0 Å². The molecule has 0 heterocycles. The standard InChI is InChI=1S/C15H15BrClN/c1-3-18(14-7-5-4-6-11(14)2)15-9-8-12(16)10-13(15)17/h4-10H,3H2,1-2H3. The molecule has 0 amide bonds. The summed E-state index contributed by atoms with van der Waals surface area (Å²) >= 11 is 9.77. The van der Waals surface area contributed by atoms with Crippen LogP contribution in [0.3, 0.4) is 0 Å². The van der Waals surface area contributed by atoms with Crippen LogP contribution in [0.4, 0.5) is 11.4 Å². The van der Waals surface area contributed by atoms with Gasteiger partial charge in [0.15, 0.2) is 0 Å². The Hall–Kier alpha value is -0.990. The van der Waals surface area contributed by atoms with Crippen LogP contribution in [0.2, 0.25) is 5.02 Å². The number of rotatable bonds is 3. The van der Waals surface area contributed by atoms with E-state index in [-0.39, 0.29) is 0 Å². The molecule has 2 rings (SSSR count). The Bertz CT molecular complexity index is 554. The maximum Gasteiger partial charge on any atom is 0.0654 e. The second-order valence-corrected chi connectivity index (χ2v) is 5.45. The molecule has 0 atom stereocenters. The molecule has 0 unspecified atom stereocenters. The molecule has 0 saturated carbocycles. The Morgan fingerprint density at radius 1 is 1.11 bits per heavy atom. The lowest BCUT2D eigenvalue weighted by atomic mass is 10.1. The second kappa shape index (κ2) is 5.77. The molecule has 0 fully saturated rings. The van der Waals surface area contributed by atoms with E-state index < -0.39 is 0 Å². The number of para-hydroxylation sites is 1. The fourth-order valence-corrected chi connectivity index (χ4v) is 2.81. The first-order valence-corrected chi connectivity index (χ1v) is 7.08. The van der Waals surface area contributed by atoms with Crippen molar-refractivity contribution in [1.82, 2.24) is 0 Å². The molecule has 0 aromatic heterocycles. The zero-order chi connectivity index (χ0) is 13.1. The molecule has 0 aliphatic carbocycles. The summed E-state index contributed by atoms with van der Waals surface area (Å²) in [7, 11) is 0. The molecule has 18 heavy (non-hydrogen) atoms. The Labute approximate surface area is 122 Å². The summed E-state index contributed by atoms with van der Waals surface area (Å²) in [4.78, 5) is 2.23. The molecular formula is C15H15BrClN. The van der Waals surface area contributed by atoms with Crippen molar-refractivity contribution in [2.24, 2.45) is 0 Å². The van der Waals surface area contributed by atoms with E-state index >= 15 is 0 Å². The molecule has 0 N–H and O–H groups in total. The maximum atomic E-state index is 6.33. The summed E-state index contributed by atoms with van der Waals surface area (Å²) in [6, 6.07) is 14.3. The summed E-state index contributed by atoms with van der Waals surface area (Å²) in [5.41, 5.74) is 3.49. The highest BCUT2D eigenvalue weighted by Gasteiger charge is 2.12. The van der Waals surface area contributed by atoms with Crippen molar-refractivity contribution < 1.29 is 0 Å². The number of halogens is 2. The molecule has 0 bridgehead atoms. The molecule has 0 radical (unpaired) electrons. The van der Waals surface area contributed by atoms with Gasteiger partial charge in [-0.15, -0.1) is 0 Å². The summed E-state index contributed by atoms with van der Waals surface area (Å²) in [6.07, 6.45) is 0. The number of aryl methyl sites for hydroxylation is 1. The van der Waals surface area contributed by atoms with Crippen LogP contribution < -0.4 is 4.90 Å². The van der Waals surface area contributed by atoms with Crippen LogP contribution >= 0.6 is 27.5 Å². The Morgan fingerprint density at radius 2 is 1.83 bits per heavy atom. The van der Waals surface area contributed by atoms with Crippen LogP contribution in [0.1, 0.15) is 12.5 Å². The summed E-state index contributed by atoms with van der Waals surface area (Å²) in [5, 5.41) is 0.759. The number of hydrogen-bond donors (Lipinski definition) is 0. The van der Waals surface area contributed by atoms with Crippen molar-refractivity contribution in [3.63, 3.8) is 0 Å². The molecule has 0 aliphatic heterocycles. The van der Waals surface area contributed by atoms with Gasteiger partial charge in [0.1, 0.15) is 0 Å². The van der Waals surface area contributed by atoms with Crippen molar-refractivity contribution in [1.29, 1.82) is 0 Å². The molecule has 94 valence electrons. The van der Waals surface area contributed by atoms with E-state index in [2.05, 4.69) is 58.9 Å². The minimum Gasteiger partial charge on any atom is -0.340 e. The molecule has 0 aliphatic rings. The summed E-state index contributed by atoms with van der Waals surface area (Å²) in [5.74, 6) is 0. The van der Waals surface area contributed by atoms with Gasteiger partial charge in [-0.05, 0) is 43.7 Å². The van der Waals surface area contributed by atoms with Gasteiger partial charge in [-0.1, -0.05) is 45.7 Å². The molecule has 0 saturated heterocycles. The normalized spacial score (nSPS) is 10.4. The smallest absolute Gasteiger partial charge is 0.0654 e. The molecule has 0 spiro atoms. The fraction of sp³-hybridized carbons (Fsp3) is 0.200. The summed E-state index contributed by atoms with van der Waals surface area (Å²) in [6.45, 7) is 5.13. The van der Waals surface area contributed by atoms with Gasteiger partial charge in [-0.2, -0.15) is 0 Å². The maximum absolute atomic E-state index is 6.33. The molecule has 3 heteroatoms. The van der Waals surface area contributed by atoms with E-state index in [0.717, 1.165) is 21.7 Å². The average molecular weight is 325 g/mol. The van der Waals surface area contributed by atoms with Gasteiger partial charge in [0.25, 0.3) is 0 Å². The van der Waals surface area contributed by atoms with Crippen LogP contribution in [-0.2, 0) is 0 Å². The Kier molecular flexibility index (Phi) is 4.31. The highest BCUT2D eigenvalue weighted by atomic mass is 79.9. The molecular weight excluding hydrogens is 310 g/mol. The van der Waals surface area contributed by atoms with Crippen LogP contribution in [0.15, 0.2) is 46.9 Å². The SMILES string of the molecule is CCN(c1ccccc1C)c1ccc(Br)cc1Cl. The summed E-state index contributed by atoms with van der Waals surface area (Å²) < 4.78 is 0.997. The van der Waals surface area contributed by atoms with Crippen molar-refractivity contribution in [3.05, 3.63) is 57.5 Å². The molecule has 2 aromatic carbocycles. The highest BCUT2D eigenvalue weighted by molar-refractivity contribution is 9.10. The number of benzene rings is 2. The highest BCUT2D eigenvalue weighted by Crippen LogP contribution is 2.34. The first-order valence-electron chi connectivity index (χ1n) is 5.91. The van der Waals surface area contributed by atoms with E-state index in [1.165, 1.54) is 11.3 Å². The van der Waals surface area contributed by atoms with E-state index in [4.69, 9.17) is 11.6 Å². The van der Waals surface area contributed by atoms with Crippen LogP contribution in [0, 0.1) is 6.92 Å². The van der Waals surface area contributed by atoms with Crippen LogP contribution in [0.25, 0.3) is 0 Å². The Balaban J connectivity index is 2.49. The van der Waals surface area contributed by atoms with Gasteiger partial charge < -0.3 is 4.90 Å². The number of anilines is 2. The third-order valence-electron chi connectivity index (χ3n) is 2.92. The van der Waals surface area contributed by atoms with Gasteiger partial charge in [-0.25, -0.2) is 0 Å². The lowest BCUT2D eigenvalue weighted by Crippen LogP contribution is -2.17. The topological polar surface area (TPSA) is 3.24 Å². The minimum atomic E-state index is 0.759. The van der Waals surface area contributed by atoms with Crippen LogP contribution in [0.5, 0.6) is 0 Å². The lowest BCUT2D eigenvalue weighted by Gasteiger charge is -2.26. The molecule has 1 nitrogen and oxygen atoms in total. The fourth-order valence-electron chi connectivity index (χ4n) is 2.04. The van der Waals surface area contributed by atoms with Gasteiger partial charge in [0.2, 0.25) is 0 Å². The number of nitrogens with zero attached hydrogens (tertiary/aromatic N) is 1. The van der Waals surface area contributed by atoms with Crippen molar-refractivity contribution in [3.8, 4) is 0 Å². The van der Waals surface area contributed by atoms with Gasteiger partial charge in [-0.3, -0.25) is 0 Å². The first-order chi connectivity index (χ1) is 8.63. The third-order valence-corrected chi connectivity index (χ3v) is 3.72.